The van der Waals surface area contributed by atoms with Gasteiger partial charge < -0.3 is 15.5 Å². The largest absolute Gasteiger partial charge is 0.338 e. The van der Waals surface area contributed by atoms with Gasteiger partial charge in [0, 0.05) is 15.8 Å². The first kappa shape index (κ1) is 21.2. The zero-order valence-corrected chi connectivity index (χ0v) is 17.5. The fourth-order valence-electron chi connectivity index (χ4n) is 2.67. The predicted octanol–water partition coefficient (Wildman–Crippen LogP) is 3.54. The first-order valence-electron chi connectivity index (χ1n) is 8.91. The summed E-state index contributed by atoms with van der Waals surface area (Å²) in [5, 5.41) is 5.54. The summed E-state index contributed by atoms with van der Waals surface area (Å²) in [6.07, 6.45) is 3.45. The van der Waals surface area contributed by atoms with E-state index in [2.05, 4.69) is 45.0 Å². The van der Waals surface area contributed by atoms with Crippen LogP contribution in [0.25, 0.3) is 0 Å². The monoisotopic (exact) mass is 450 g/mol. The minimum atomic E-state index is -0.347. The summed E-state index contributed by atoms with van der Waals surface area (Å²) in [4.78, 5) is 27.6. The Morgan fingerprint density at radius 3 is 2.58 bits per heavy atom. The van der Waals surface area contributed by atoms with Crippen LogP contribution in [-0.4, -0.2) is 54.6 Å². The Labute approximate surface area is 159 Å². The molecule has 0 aromatic carbocycles. The first-order chi connectivity index (χ1) is 11.5. The van der Waals surface area contributed by atoms with Gasteiger partial charge in [0.1, 0.15) is 0 Å². The zero-order chi connectivity index (χ0) is 18.1. The Morgan fingerprint density at radius 1 is 1.33 bits per heavy atom. The zero-order valence-electron chi connectivity index (χ0n) is 15.3. The number of urea groups is 2. The third kappa shape index (κ3) is 6.58. The summed E-state index contributed by atoms with van der Waals surface area (Å²) in [5.41, 5.74) is 0.828. The molecule has 2 aliphatic rings. The molecule has 2 rings (SSSR count). The second-order valence-corrected chi connectivity index (χ2v) is 7.46. The molecule has 0 unspecified atom stereocenters. The lowest BCUT2D eigenvalue weighted by atomic mass is 9.99. The van der Waals surface area contributed by atoms with E-state index < -0.39 is 0 Å². The van der Waals surface area contributed by atoms with Gasteiger partial charge in [0.25, 0.3) is 0 Å². The number of nitrogens with zero attached hydrogens (tertiary/aromatic N) is 2. The highest BCUT2D eigenvalue weighted by molar-refractivity contribution is 14.1. The maximum absolute atomic E-state index is 12.1. The van der Waals surface area contributed by atoms with Crippen molar-refractivity contribution in [1.82, 2.24) is 20.4 Å². The molecule has 1 fully saturated rings. The molecule has 6 nitrogen and oxygen atoms in total. The fourth-order valence-corrected chi connectivity index (χ4v) is 3.14. The molecule has 0 atom stereocenters. The van der Waals surface area contributed by atoms with Crippen molar-refractivity contribution in [3.63, 3.8) is 0 Å². The molecule has 24 heavy (non-hydrogen) atoms. The quantitative estimate of drug-likeness (QED) is 0.509. The molecule has 2 N–H and O–H groups in total. The minimum Gasteiger partial charge on any atom is -0.338 e. The second-order valence-electron chi connectivity index (χ2n) is 6.16. The van der Waals surface area contributed by atoms with E-state index in [1.165, 1.54) is 17.7 Å². The summed E-state index contributed by atoms with van der Waals surface area (Å²) in [7, 11) is 0. The van der Waals surface area contributed by atoms with Crippen molar-refractivity contribution in [2.75, 3.05) is 32.7 Å². The Balaban J connectivity index is 0.00000139. The lowest BCUT2D eigenvalue weighted by molar-refractivity contribution is 0.183. The number of carbonyl (C=O) groups excluding carboxylic acids is 2. The number of likely N-dealkylation sites (tertiary alicyclic amines) is 1. The number of halogens is 1. The standard InChI is InChI=1S/C15H25IN4O2.C2H6/c1-11-4-8-19(9-5-11)7-3-6-17-14(21)20-10-13(16)12(2)18-15(20)22;1-2/h11H,3-10H2,1-2H3,(H,17,21)(H,18,22);1-2H3. The third-order valence-electron chi connectivity index (χ3n) is 4.29. The first-order valence-corrected chi connectivity index (χ1v) is 9.99. The molecule has 0 aromatic heterocycles. The Morgan fingerprint density at radius 2 is 1.96 bits per heavy atom. The van der Waals surface area contributed by atoms with Crippen LogP contribution in [0, 0.1) is 5.92 Å². The van der Waals surface area contributed by atoms with Crippen molar-refractivity contribution >= 4 is 34.7 Å². The Hall–Kier alpha value is -0.830. The molecule has 0 aromatic rings. The van der Waals surface area contributed by atoms with E-state index in [-0.39, 0.29) is 12.1 Å². The molecule has 2 aliphatic heterocycles. The number of imide groups is 1. The van der Waals surface area contributed by atoms with Gasteiger partial charge in [-0.25, -0.2) is 14.5 Å². The SMILES string of the molecule is CC.CC1=C(I)CN(C(=O)NCCCN2CCC(C)CC2)C(=O)N1. The van der Waals surface area contributed by atoms with Gasteiger partial charge in [-0.1, -0.05) is 20.8 Å². The van der Waals surface area contributed by atoms with E-state index in [1.54, 1.807) is 0 Å². The molecule has 138 valence electrons. The highest BCUT2D eigenvalue weighted by Gasteiger charge is 2.26. The average molecular weight is 450 g/mol. The lowest BCUT2D eigenvalue weighted by Crippen LogP contribution is -2.51. The molecular formula is C17H31IN4O2. The van der Waals surface area contributed by atoms with Crippen LogP contribution in [-0.2, 0) is 0 Å². The van der Waals surface area contributed by atoms with E-state index in [1.807, 2.05) is 20.8 Å². The molecule has 7 heteroatoms. The van der Waals surface area contributed by atoms with Gasteiger partial charge in [0.2, 0.25) is 0 Å². The summed E-state index contributed by atoms with van der Waals surface area (Å²) in [6, 6.07) is -0.660. The number of hydrogen-bond donors (Lipinski definition) is 2. The number of nitrogens with one attached hydrogen (secondary N) is 2. The molecule has 0 spiro atoms. The van der Waals surface area contributed by atoms with E-state index in [4.69, 9.17) is 0 Å². The second kappa shape index (κ2) is 10.9. The smallest absolute Gasteiger partial charge is 0.330 e. The molecule has 0 aliphatic carbocycles. The van der Waals surface area contributed by atoms with Crippen LogP contribution >= 0.6 is 22.6 Å². The van der Waals surface area contributed by atoms with E-state index in [0.29, 0.717) is 13.1 Å². The van der Waals surface area contributed by atoms with Crippen LogP contribution in [0.4, 0.5) is 9.59 Å². The maximum Gasteiger partial charge on any atom is 0.330 e. The number of amides is 4. The highest BCUT2D eigenvalue weighted by atomic mass is 127. The van der Waals surface area contributed by atoms with Crippen LogP contribution in [0.5, 0.6) is 0 Å². The van der Waals surface area contributed by atoms with E-state index >= 15 is 0 Å². The Bertz CT molecular complexity index is 460. The number of allylic oxidation sites excluding steroid dienone is 1. The van der Waals surface area contributed by atoms with Crippen LogP contribution in [0.15, 0.2) is 9.28 Å². The van der Waals surface area contributed by atoms with Crippen molar-refractivity contribution in [3.8, 4) is 0 Å². The third-order valence-corrected chi connectivity index (χ3v) is 5.44. The predicted molar refractivity (Wildman–Crippen MR) is 106 cm³/mol. The van der Waals surface area contributed by atoms with Crippen LogP contribution in [0.2, 0.25) is 0 Å². The van der Waals surface area contributed by atoms with E-state index in [0.717, 1.165) is 41.2 Å². The molecule has 0 saturated carbocycles. The van der Waals surface area contributed by atoms with Gasteiger partial charge in [-0.3, -0.25) is 0 Å². The molecule has 4 amide bonds. The normalized spacial score (nSPS) is 19.5. The summed E-state index contributed by atoms with van der Waals surface area (Å²) in [5.74, 6) is 0.840. The van der Waals surface area contributed by atoms with Gasteiger partial charge >= 0.3 is 12.1 Å². The Kier molecular flexibility index (Phi) is 9.65. The van der Waals surface area contributed by atoms with Crippen molar-refractivity contribution < 1.29 is 9.59 Å². The number of hydrogen-bond acceptors (Lipinski definition) is 3. The van der Waals surface area contributed by atoms with Gasteiger partial charge in [0.05, 0.1) is 6.54 Å². The number of carbonyl (C=O) groups is 2. The highest BCUT2D eigenvalue weighted by Crippen LogP contribution is 2.18. The van der Waals surface area contributed by atoms with E-state index in [9.17, 15) is 9.59 Å². The van der Waals surface area contributed by atoms with Crippen molar-refractivity contribution in [1.29, 1.82) is 0 Å². The van der Waals surface area contributed by atoms with Gasteiger partial charge in [-0.2, -0.15) is 0 Å². The van der Waals surface area contributed by atoms with Crippen molar-refractivity contribution in [2.24, 2.45) is 5.92 Å². The van der Waals surface area contributed by atoms with Crippen molar-refractivity contribution in [2.45, 2.75) is 47.0 Å². The van der Waals surface area contributed by atoms with Crippen LogP contribution in [0.1, 0.15) is 47.0 Å². The van der Waals surface area contributed by atoms with Crippen LogP contribution < -0.4 is 10.6 Å². The molecule has 2 heterocycles. The van der Waals surface area contributed by atoms with Crippen molar-refractivity contribution in [3.05, 3.63) is 9.28 Å². The van der Waals surface area contributed by atoms with Crippen LogP contribution in [0.3, 0.4) is 0 Å². The van der Waals surface area contributed by atoms with Gasteiger partial charge in [-0.15, -0.1) is 0 Å². The number of piperidine rings is 1. The fraction of sp³-hybridized carbons (Fsp3) is 0.765. The lowest BCUT2D eigenvalue weighted by Gasteiger charge is -2.30. The molecule has 0 bridgehead atoms. The molecular weight excluding hydrogens is 419 g/mol. The summed E-state index contributed by atoms with van der Waals surface area (Å²) in [6.45, 7) is 12.4. The minimum absolute atomic E-state index is 0.313. The molecule has 1 saturated heterocycles. The topological polar surface area (TPSA) is 64.7 Å². The van der Waals surface area contributed by atoms with Gasteiger partial charge in [-0.05, 0) is 74.3 Å². The summed E-state index contributed by atoms with van der Waals surface area (Å²) >= 11 is 2.15. The summed E-state index contributed by atoms with van der Waals surface area (Å²) < 4.78 is 0.981. The average Bonchev–Trinajstić information content (AvgIpc) is 2.58. The number of rotatable bonds is 4. The van der Waals surface area contributed by atoms with Gasteiger partial charge in [0.15, 0.2) is 0 Å². The maximum atomic E-state index is 12.1. The molecule has 0 radical (unpaired) electrons.